The molecule has 1 N–H and O–H groups in total. The summed E-state index contributed by atoms with van der Waals surface area (Å²) < 4.78 is 27.4. The molecule has 0 aliphatic heterocycles. The average molecular weight is 327 g/mol. The summed E-state index contributed by atoms with van der Waals surface area (Å²) in [4.78, 5) is 0. The van der Waals surface area contributed by atoms with Gasteiger partial charge in [-0.15, -0.1) is 0 Å². The molecule has 4 heteroatoms. The number of hydrogen-bond donors (Lipinski definition) is 1. The lowest BCUT2D eigenvalue weighted by molar-refractivity contribution is 0.263. The number of aliphatic hydroxyl groups excluding tert-OH is 1. The third kappa shape index (κ3) is 3.39. The summed E-state index contributed by atoms with van der Waals surface area (Å²) in [6.07, 6.45) is 0.325. The van der Waals surface area contributed by atoms with Crippen molar-refractivity contribution in [2.45, 2.75) is 12.3 Å². The topological polar surface area (TPSA) is 20.2 Å². The molecule has 2 aromatic carbocycles. The van der Waals surface area contributed by atoms with Gasteiger partial charge in [0.1, 0.15) is 11.6 Å². The second kappa shape index (κ2) is 6.26. The van der Waals surface area contributed by atoms with Crippen molar-refractivity contribution >= 4 is 15.9 Å². The summed E-state index contributed by atoms with van der Waals surface area (Å²) >= 11 is 3.42. The van der Waals surface area contributed by atoms with Crippen LogP contribution in [0.4, 0.5) is 8.78 Å². The lowest BCUT2D eigenvalue weighted by Crippen LogP contribution is -2.09. The van der Waals surface area contributed by atoms with Gasteiger partial charge in [0.2, 0.25) is 0 Å². The van der Waals surface area contributed by atoms with Gasteiger partial charge in [0.25, 0.3) is 0 Å². The SMILES string of the molecule is OCC(Cc1ccc(F)cc1F)c1ccccc1Br. The molecule has 1 atom stereocenters. The second-order valence-electron chi connectivity index (χ2n) is 4.34. The molecular weight excluding hydrogens is 314 g/mol. The van der Waals surface area contributed by atoms with Crippen LogP contribution in [0, 0.1) is 11.6 Å². The summed E-state index contributed by atoms with van der Waals surface area (Å²) in [6.45, 7) is -0.0978. The number of hydrogen-bond acceptors (Lipinski definition) is 1. The number of rotatable bonds is 4. The predicted octanol–water partition coefficient (Wildman–Crippen LogP) is 4.05. The van der Waals surface area contributed by atoms with Crippen LogP contribution in [0.1, 0.15) is 17.0 Å². The van der Waals surface area contributed by atoms with E-state index in [-0.39, 0.29) is 12.5 Å². The maximum absolute atomic E-state index is 13.6. The third-order valence-corrected chi connectivity index (χ3v) is 3.77. The monoisotopic (exact) mass is 326 g/mol. The molecule has 0 saturated carbocycles. The van der Waals surface area contributed by atoms with E-state index in [1.165, 1.54) is 12.1 Å². The fraction of sp³-hybridized carbons (Fsp3) is 0.200. The Morgan fingerprint density at radius 2 is 1.84 bits per heavy atom. The van der Waals surface area contributed by atoms with Gasteiger partial charge >= 0.3 is 0 Å². The molecule has 100 valence electrons. The van der Waals surface area contributed by atoms with Gasteiger partial charge in [-0.2, -0.15) is 0 Å². The largest absolute Gasteiger partial charge is 0.396 e. The van der Waals surface area contributed by atoms with E-state index in [0.717, 1.165) is 16.1 Å². The van der Waals surface area contributed by atoms with E-state index in [1.807, 2.05) is 24.3 Å². The highest BCUT2D eigenvalue weighted by Gasteiger charge is 2.16. The molecule has 19 heavy (non-hydrogen) atoms. The van der Waals surface area contributed by atoms with Crippen LogP contribution in [-0.2, 0) is 6.42 Å². The normalized spacial score (nSPS) is 12.4. The first-order valence-corrected chi connectivity index (χ1v) is 6.70. The third-order valence-electron chi connectivity index (χ3n) is 3.05. The van der Waals surface area contributed by atoms with Gasteiger partial charge in [0.05, 0.1) is 6.61 Å². The van der Waals surface area contributed by atoms with Gasteiger partial charge in [-0.25, -0.2) is 8.78 Å². The van der Waals surface area contributed by atoms with Crippen molar-refractivity contribution in [1.82, 2.24) is 0 Å². The molecule has 2 rings (SSSR count). The molecule has 0 aliphatic carbocycles. The molecule has 0 amide bonds. The van der Waals surface area contributed by atoms with Crippen molar-refractivity contribution in [3.63, 3.8) is 0 Å². The quantitative estimate of drug-likeness (QED) is 0.898. The first-order valence-electron chi connectivity index (χ1n) is 5.91. The Hall–Kier alpha value is -1.26. The van der Waals surface area contributed by atoms with Crippen LogP contribution < -0.4 is 0 Å². The van der Waals surface area contributed by atoms with Crippen LogP contribution in [0.3, 0.4) is 0 Å². The minimum Gasteiger partial charge on any atom is -0.396 e. The van der Waals surface area contributed by atoms with E-state index in [2.05, 4.69) is 15.9 Å². The number of halogens is 3. The molecule has 1 nitrogen and oxygen atoms in total. The smallest absolute Gasteiger partial charge is 0.129 e. The molecule has 0 bridgehead atoms. The van der Waals surface area contributed by atoms with E-state index < -0.39 is 11.6 Å². The Morgan fingerprint density at radius 3 is 2.47 bits per heavy atom. The van der Waals surface area contributed by atoms with Gasteiger partial charge in [-0.1, -0.05) is 40.2 Å². The summed E-state index contributed by atoms with van der Waals surface area (Å²) in [5.74, 6) is -1.40. The van der Waals surface area contributed by atoms with Crippen LogP contribution in [0.5, 0.6) is 0 Å². The Bertz CT molecular complexity index is 572. The van der Waals surface area contributed by atoms with Crippen LogP contribution >= 0.6 is 15.9 Å². The van der Waals surface area contributed by atoms with Crippen molar-refractivity contribution in [2.75, 3.05) is 6.61 Å². The first-order chi connectivity index (χ1) is 9.11. The van der Waals surface area contributed by atoms with Crippen molar-refractivity contribution in [2.24, 2.45) is 0 Å². The van der Waals surface area contributed by atoms with Crippen LogP contribution in [0.2, 0.25) is 0 Å². The number of aliphatic hydroxyl groups is 1. The van der Waals surface area contributed by atoms with Crippen molar-refractivity contribution in [1.29, 1.82) is 0 Å². The molecule has 0 aliphatic rings. The Kier molecular flexibility index (Phi) is 4.66. The Morgan fingerprint density at radius 1 is 1.11 bits per heavy atom. The Labute approximate surface area is 119 Å². The van der Waals surface area contributed by atoms with Gasteiger partial charge in [-0.3, -0.25) is 0 Å². The molecule has 0 saturated heterocycles. The van der Waals surface area contributed by atoms with E-state index in [1.54, 1.807) is 0 Å². The standard InChI is InChI=1S/C15H13BrF2O/c16-14-4-2-1-3-13(14)11(9-19)7-10-5-6-12(17)8-15(10)18/h1-6,8,11,19H,7,9H2. The zero-order chi connectivity index (χ0) is 13.8. The minimum atomic E-state index is -0.595. The first kappa shape index (κ1) is 14.2. The summed E-state index contributed by atoms with van der Waals surface area (Å²) in [6, 6.07) is 11.0. The molecule has 0 aromatic heterocycles. The van der Waals surface area contributed by atoms with Gasteiger partial charge in [0.15, 0.2) is 0 Å². The molecule has 0 radical (unpaired) electrons. The molecule has 0 fully saturated rings. The van der Waals surface area contributed by atoms with E-state index in [9.17, 15) is 13.9 Å². The predicted molar refractivity (Wildman–Crippen MR) is 74.0 cm³/mol. The zero-order valence-electron chi connectivity index (χ0n) is 10.1. The fourth-order valence-corrected chi connectivity index (χ4v) is 2.64. The fourth-order valence-electron chi connectivity index (χ4n) is 2.03. The molecule has 0 heterocycles. The van der Waals surface area contributed by atoms with Gasteiger partial charge < -0.3 is 5.11 Å². The Balaban J connectivity index is 2.27. The zero-order valence-corrected chi connectivity index (χ0v) is 11.7. The van der Waals surface area contributed by atoms with E-state index in [0.29, 0.717) is 12.0 Å². The summed E-state index contributed by atoms with van der Waals surface area (Å²) in [7, 11) is 0. The second-order valence-corrected chi connectivity index (χ2v) is 5.20. The molecule has 2 aromatic rings. The van der Waals surface area contributed by atoms with Crippen LogP contribution in [-0.4, -0.2) is 11.7 Å². The molecule has 0 spiro atoms. The van der Waals surface area contributed by atoms with Crippen LogP contribution in [0.15, 0.2) is 46.9 Å². The summed E-state index contributed by atoms with van der Waals surface area (Å²) in [5.41, 5.74) is 1.31. The lowest BCUT2D eigenvalue weighted by Gasteiger charge is -2.16. The highest BCUT2D eigenvalue weighted by Crippen LogP contribution is 2.28. The van der Waals surface area contributed by atoms with E-state index in [4.69, 9.17) is 0 Å². The van der Waals surface area contributed by atoms with Crippen molar-refractivity contribution < 1.29 is 13.9 Å². The maximum Gasteiger partial charge on any atom is 0.129 e. The maximum atomic E-state index is 13.6. The van der Waals surface area contributed by atoms with Crippen molar-refractivity contribution in [3.05, 3.63) is 69.7 Å². The highest BCUT2D eigenvalue weighted by molar-refractivity contribution is 9.10. The lowest BCUT2D eigenvalue weighted by atomic mass is 9.92. The number of benzene rings is 2. The highest BCUT2D eigenvalue weighted by atomic mass is 79.9. The summed E-state index contributed by atoms with van der Waals surface area (Å²) in [5, 5.41) is 9.49. The van der Waals surface area contributed by atoms with Gasteiger partial charge in [-0.05, 0) is 29.7 Å². The van der Waals surface area contributed by atoms with Gasteiger partial charge in [0, 0.05) is 16.5 Å². The minimum absolute atomic E-state index is 0.0978. The average Bonchev–Trinajstić information content (AvgIpc) is 2.39. The van der Waals surface area contributed by atoms with Crippen LogP contribution in [0.25, 0.3) is 0 Å². The van der Waals surface area contributed by atoms with Crippen molar-refractivity contribution in [3.8, 4) is 0 Å². The molecular formula is C15H13BrF2O. The van der Waals surface area contributed by atoms with E-state index >= 15 is 0 Å². The molecule has 1 unspecified atom stereocenters.